The van der Waals surface area contributed by atoms with Gasteiger partial charge in [0.15, 0.2) is 0 Å². The summed E-state index contributed by atoms with van der Waals surface area (Å²) < 4.78 is 2.36. The van der Waals surface area contributed by atoms with E-state index in [4.69, 9.17) is 4.98 Å². The summed E-state index contributed by atoms with van der Waals surface area (Å²) >= 11 is 0. The normalized spacial score (nSPS) is 11.3. The van der Waals surface area contributed by atoms with Crippen molar-refractivity contribution in [2.45, 2.75) is 26.7 Å². The predicted octanol–water partition coefficient (Wildman–Crippen LogP) is 12.1. The fourth-order valence-electron chi connectivity index (χ4n) is 7.08. The number of aryl methyl sites for hydroxylation is 2. The number of anilines is 3. The molecule has 0 radical (unpaired) electrons. The van der Waals surface area contributed by atoms with Crippen LogP contribution in [0.3, 0.4) is 0 Å². The van der Waals surface area contributed by atoms with Crippen LogP contribution in [0.1, 0.15) is 25.0 Å². The van der Waals surface area contributed by atoms with E-state index < -0.39 is 0 Å². The molecule has 48 heavy (non-hydrogen) atoms. The zero-order valence-corrected chi connectivity index (χ0v) is 27.3. The van der Waals surface area contributed by atoms with Gasteiger partial charge < -0.3 is 4.57 Å². The molecule has 8 rings (SSSR count). The summed E-state index contributed by atoms with van der Waals surface area (Å²) in [6.45, 7) is 4.47. The molecule has 0 fully saturated rings. The second-order valence-corrected chi connectivity index (χ2v) is 12.2. The number of nitrogens with zero attached hydrogens (tertiary/aromatic N) is 3. The number of para-hydroxylation sites is 2. The summed E-state index contributed by atoms with van der Waals surface area (Å²) in [4.78, 5) is 7.05. The fraction of sp³-hybridized carbons (Fsp3) is 0.0889. The minimum atomic E-state index is 0.893. The summed E-state index contributed by atoms with van der Waals surface area (Å²) in [7, 11) is 0. The Morgan fingerprint density at radius 3 is 1.96 bits per heavy atom. The Balaban J connectivity index is 1.20. The summed E-state index contributed by atoms with van der Waals surface area (Å²) in [5.41, 5.74) is 13.5. The van der Waals surface area contributed by atoms with Crippen LogP contribution in [0.5, 0.6) is 0 Å². The lowest BCUT2D eigenvalue weighted by Crippen LogP contribution is -2.12. The van der Waals surface area contributed by atoms with Crippen LogP contribution < -0.4 is 4.90 Å². The lowest BCUT2D eigenvalue weighted by Gasteiger charge is -2.26. The lowest BCUT2D eigenvalue weighted by molar-refractivity contribution is 1.11. The van der Waals surface area contributed by atoms with Crippen molar-refractivity contribution in [3.05, 3.63) is 175 Å². The highest BCUT2D eigenvalue weighted by Crippen LogP contribution is 2.39. The van der Waals surface area contributed by atoms with Gasteiger partial charge >= 0.3 is 0 Å². The second kappa shape index (κ2) is 12.7. The number of pyridine rings is 1. The minimum Gasteiger partial charge on any atom is -0.309 e. The molecule has 0 bridgehead atoms. The molecule has 0 saturated carbocycles. The molecule has 232 valence electrons. The average molecular weight is 620 g/mol. The quantitative estimate of drug-likeness (QED) is 0.169. The summed E-state index contributed by atoms with van der Waals surface area (Å²) in [5.74, 6) is 0.893. The first-order chi connectivity index (χ1) is 23.7. The van der Waals surface area contributed by atoms with Crippen molar-refractivity contribution in [3.63, 3.8) is 0 Å². The molecule has 0 amide bonds. The molecule has 0 aliphatic carbocycles. The fourth-order valence-corrected chi connectivity index (χ4v) is 7.08. The van der Waals surface area contributed by atoms with E-state index in [1.807, 2.05) is 12.3 Å². The molecule has 0 aliphatic rings. The SMILES string of the molecule is CCc1ccccc1-c1ccc(N(c2ccc(-c3ccc4c(c3)c3ccccc3n4-c3ccccc3)cc2)c2ccccn2)cc1CC. The highest BCUT2D eigenvalue weighted by atomic mass is 15.2. The maximum Gasteiger partial charge on any atom is 0.137 e. The third kappa shape index (κ3) is 5.24. The van der Waals surface area contributed by atoms with E-state index in [0.29, 0.717) is 0 Å². The monoisotopic (exact) mass is 619 g/mol. The van der Waals surface area contributed by atoms with Crippen molar-refractivity contribution in [1.29, 1.82) is 0 Å². The summed E-state index contributed by atoms with van der Waals surface area (Å²) in [6, 6.07) is 56.8. The average Bonchev–Trinajstić information content (AvgIpc) is 3.49. The predicted molar refractivity (Wildman–Crippen MR) is 203 cm³/mol. The first-order valence-corrected chi connectivity index (χ1v) is 16.8. The van der Waals surface area contributed by atoms with Crippen LogP contribution in [0.4, 0.5) is 17.2 Å². The van der Waals surface area contributed by atoms with Crippen LogP contribution in [0.15, 0.2) is 164 Å². The molecule has 0 atom stereocenters. The van der Waals surface area contributed by atoms with E-state index in [9.17, 15) is 0 Å². The van der Waals surface area contributed by atoms with E-state index >= 15 is 0 Å². The summed E-state index contributed by atoms with van der Waals surface area (Å²) in [5, 5.41) is 2.51. The molecular formula is C45H37N3. The molecule has 3 heteroatoms. The zero-order chi connectivity index (χ0) is 32.5. The molecule has 8 aromatic rings. The van der Waals surface area contributed by atoms with Crippen LogP contribution >= 0.6 is 0 Å². The maximum absolute atomic E-state index is 4.79. The van der Waals surface area contributed by atoms with Crippen molar-refractivity contribution in [2.75, 3.05) is 4.90 Å². The Hall–Kier alpha value is -5.93. The number of rotatable bonds is 8. The minimum absolute atomic E-state index is 0.893. The van der Waals surface area contributed by atoms with Gasteiger partial charge in [0.1, 0.15) is 5.82 Å². The smallest absolute Gasteiger partial charge is 0.137 e. The van der Waals surface area contributed by atoms with Gasteiger partial charge in [-0.05, 0) is 113 Å². The Morgan fingerprint density at radius 2 is 1.17 bits per heavy atom. The van der Waals surface area contributed by atoms with Gasteiger partial charge in [0.25, 0.3) is 0 Å². The van der Waals surface area contributed by atoms with Crippen molar-refractivity contribution in [2.24, 2.45) is 0 Å². The lowest BCUT2D eigenvalue weighted by atomic mass is 9.92. The third-order valence-corrected chi connectivity index (χ3v) is 9.44. The molecule has 3 nitrogen and oxygen atoms in total. The van der Waals surface area contributed by atoms with Crippen LogP contribution in [-0.2, 0) is 12.8 Å². The number of benzene rings is 6. The van der Waals surface area contributed by atoms with E-state index in [2.05, 4.69) is 175 Å². The third-order valence-electron chi connectivity index (χ3n) is 9.44. The summed E-state index contributed by atoms with van der Waals surface area (Å²) in [6.07, 6.45) is 3.82. The highest BCUT2D eigenvalue weighted by Gasteiger charge is 2.18. The Labute approximate surface area is 282 Å². The van der Waals surface area contributed by atoms with E-state index in [0.717, 1.165) is 30.0 Å². The van der Waals surface area contributed by atoms with Gasteiger partial charge in [-0.3, -0.25) is 4.90 Å². The van der Waals surface area contributed by atoms with Gasteiger partial charge in [0.05, 0.1) is 11.0 Å². The van der Waals surface area contributed by atoms with Crippen LogP contribution in [0, 0.1) is 0 Å². The van der Waals surface area contributed by atoms with Gasteiger partial charge in [0, 0.05) is 34.0 Å². The molecular weight excluding hydrogens is 583 g/mol. The van der Waals surface area contributed by atoms with Gasteiger partial charge in [-0.2, -0.15) is 0 Å². The molecule has 2 aromatic heterocycles. The standard InChI is InChI=1S/C45H37N3/c1-3-32-14-8-9-17-39(32)40-27-26-38(30-33(40)4-2)47(45-20-12-13-29-46-45)37-24-21-34(22-25-37)35-23-28-44-42(31-35)41-18-10-11-19-43(41)48(44)36-15-6-5-7-16-36/h5-31H,3-4H2,1-2H3. The van der Waals surface area contributed by atoms with Gasteiger partial charge in [-0.1, -0.05) is 105 Å². The van der Waals surface area contributed by atoms with Gasteiger partial charge in [-0.25, -0.2) is 4.98 Å². The zero-order valence-electron chi connectivity index (χ0n) is 27.3. The van der Waals surface area contributed by atoms with Gasteiger partial charge in [-0.15, -0.1) is 0 Å². The van der Waals surface area contributed by atoms with Crippen molar-refractivity contribution >= 4 is 39.0 Å². The molecule has 0 unspecified atom stereocenters. The second-order valence-electron chi connectivity index (χ2n) is 12.2. The van der Waals surface area contributed by atoms with Crippen LogP contribution in [0.25, 0.3) is 49.7 Å². The highest BCUT2D eigenvalue weighted by molar-refractivity contribution is 6.10. The first kappa shape index (κ1) is 29.5. The van der Waals surface area contributed by atoms with Crippen molar-refractivity contribution in [3.8, 4) is 27.9 Å². The Kier molecular flexibility index (Phi) is 7.79. The topological polar surface area (TPSA) is 21.1 Å². The maximum atomic E-state index is 4.79. The molecule has 0 spiro atoms. The molecule has 6 aromatic carbocycles. The molecule has 0 N–H and O–H groups in total. The molecule has 0 saturated heterocycles. The van der Waals surface area contributed by atoms with Gasteiger partial charge in [0.2, 0.25) is 0 Å². The number of hydrogen-bond acceptors (Lipinski definition) is 2. The van der Waals surface area contributed by atoms with Crippen LogP contribution in [-0.4, -0.2) is 9.55 Å². The number of aromatic nitrogens is 2. The van der Waals surface area contributed by atoms with E-state index in [-0.39, 0.29) is 0 Å². The molecule has 2 heterocycles. The Bertz CT molecular complexity index is 2350. The van der Waals surface area contributed by atoms with Crippen molar-refractivity contribution < 1.29 is 0 Å². The van der Waals surface area contributed by atoms with E-state index in [1.54, 1.807) is 0 Å². The first-order valence-electron chi connectivity index (χ1n) is 16.8. The number of fused-ring (bicyclic) bond motifs is 3. The molecule has 0 aliphatic heterocycles. The Morgan fingerprint density at radius 1 is 0.500 bits per heavy atom. The van der Waals surface area contributed by atoms with Crippen molar-refractivity contribution in [1.82, 2.24) is 9.55 Å². The van der Waals surface area contributed by atoms with Crippen LogP contribution in [0.2, 0.25) is 0 Å². The van der Waals surface area contributed by atoms with E-state index in [1.165, 1.54) is 60.9 Å². The largest absolute Gasteiger partial charge is 0.309 e. The number of hydrogen-bond donors (Lipinski definition) is 0.